The van der Waals surface area contributed by atoms with Gasteiger partial charge in [-0.15, -0.1) is 0 Å². The molecule has 2 N–H and O–H groups in total. The van der Waals surface area contributed by atoms with E-state index in [0.717, 1.165) is 4.90 Å². The first-order chi connectivity index (χ1) is 8.53. The van der Waals surface area contributed by atoms with Crippen molar-refractivity contribution in [3.8, 4) is 0 Å². The Hall–Kier alpha value is -1.47. The molecule has 102 valence electrons. The van der Waals surface area contributed by atoms with Gasteiger partial charge in [-0.2, -0.15) is 0 Å². The lowest BCUT2D eigenvalue weighted by Crippen LogP contribution is -2.31. The van der Waals surface area contributed by atoms with E-state index in [2.05, 4.69) is 5.32 Å². The molecule has 7 heteroatoms. The second kappa shape index (κ2) is 6.46. The maximum absolute atomic E-state index is 12.5. The summed E-state index contributed by atoms with van der Waals surface area (Å²) in [6.45, 7) is 0.718. The summed E-state index contributed by atoms with van der Waals surface area (Å²) in [4.78, 5) is 23.3. The van der Waals surface area contributed by atoms with Crippen molar-refractivity contribution in [1.82, 2.24) is 10.2 Å². The number of hydrogen-bond acceptors (Lipinski definition) is 4. The number of nitrogens with one attached hydrogen (secondary N) is 1. The van der Waals surface area contributed by atoms with Crippen LogP contribution < -0.4 is 5.32 Å². The van der Waals surface area contributed by atoms with Crippen LogP contribution in [-0.2, 0) is 14.3 Å². The zero-order valence-corrected chi connectivity index (χ0v) is 10.3. The molecule has 0 spiro atoms. The Morgan fingerprint density at radius 2 is 2.33 bits per heavy atom. The van der Waals surface area contributed by atoms with Gasteiger partial charge < -0.3 is 15.2 Å². The Bertz CT molecular complexity index is 348. The van der Waals surface area contributed by atoms with Crippen molar-refractivity contribution in [2.45, 2.75) is 31.8 Å². The SMILES string of the molecule is CNC(=O)/C(C)=C\N(C=O)[C@H]1CC(O)C(CF)O1. The largest absolute Gasteiger partial charge is 0.390 e. The van der Waals surface area contributed by atoms with Crippen molar-refractivity contribution in [3.63, 3.8) is 0 Å². The van der Waals surface area contributed by atoms with Crippen molar-refractivity contribution in [2.24, 2.45) is 0 Å². The number of aliphatic hydroxyl groups excluding tert-OH is 1. The van der Waals surface area contributed by atoms with E-state index in [4.69, 9.17) is 4.74 Å². The monoisotopic (exact) mass is 260 g/mol. The normalized spacial score (nSPS) is 28.0. The van der Waals surface area contributed by atoms with E-state index < -0.39 is 25.1 Å². The highest BCUT2D eigenvalue weighted by atomic mass is 19.1. The molecule has 18 heavy (non-hydrogen) atoms. The second-order valence-electron chi connectivity index (χ2n) is 4.03. The van der Waals surface area contributed by atoms with E-state index in [1.54, 1.807) is 0 Å². The number of carbonyl (C=O) groups is 2. The predicted octanol–water partition coefficient (Wildman–Crippen LogP) is -0.460. The van der Waals surface area contributed by atoms with Gasteiger partial charge in [0.1, 0.15) is 19.0 Å². The van der Waals surface area contributed by atoms with Gasteiger partial charge in [0.25, 0.3) is 0 Å². The van der Waals surface area contributed by atoms with Crippen LogP contribution in [0.1, 0.15) is 13.3 Å². The first-order valence-corrected chi connectivity index (χ1v) is 5.56. The van der Waals surface area contributed by atoms with Crippen molar-refractivity contribution in [2.75, 3.05) is 13.7 Å². The number of rotatable bonds is 5. The number of aliphatic hydroxyl groups is 1. The molecule has 1 aliphatic heterocycles. The number of nitrogens with zero attached hydrogens (tertiary/aromatic N) is 1. The van der Waals surface area contributed by atoms with Crippen LogP contribution in [0.5, 0.6) is 0 Å². The number of halogens is 1. The summed E-state index contributed by atoms with van der Waals surface area (Å²) in [7, 11) is 1.47. The van der Waals surface area contributed by atoms with Crippen LogP contribution in [-0.4, -0.2) is 54.5 Å². The first kappa shape index (κ1) is 14.6. The van der Waals surface area contributed by atoms with Gasteiger partial charge in [-0.1, -0.05) is 0 Å². The summed E-state index contributed by atoms with van der Waals surface area (Å²) < 4.78 is 17.6. The molecule has 0 saturated carbocycles. The fourth-order valence-corrected chi connectivity index (χ4v) is 1.70. The van der Waals surface area contributed by atoms with Gasteiger partial charge in [0, 0.05) is 25.2 Å². The summed E-state index contributed by atoms with van der Waals surface area (Å²) in [6, 6.07) is 0. The van der Waals surface area contributed by atoms with Gasteiger partial charge >= 0.3 is 0 Å². The number of ether oxygens (including phenoxy) is 1. The van der Waals surface area contributed by atoms with Crippen molar-refractivity contribution in [3.05, 3.63) is 11.8 Å². The third-order valence-electron chi connectivity index (χ3n) is 2.74. The molecule has 0 aliphatic carbocycles. The number of likely N-dealkylation sites (N-methyl/N-ethyl adjacent to an activating group) is 1. The third kappa shape index (κ3) is 3.27. The maximum Gasteiger partial charge on any atom is 0.248 e. The Balaban J connectivity index is 2.74. The standard InChI is InChI=1S/C11H17FN2O4/c1-7(11(17)13-2)5-14(6-15)10-3-8(16)9(4-12)18-10/h5-6,8-10,16H,3-4H2,1-2H3,(H,13,17)/b7-5-/t8?,9?,10-/m1/s1. The van der Waals surface area contributed by atoms with Crippen LogP contribution >= 0.6 is 0 Å². The summed E-state index contributed by atoms with van der Waals surface area (Å²) in [5, 5.41) is 11.9. The van der Waals surface area contributed by atoms with E-state index in [1.165, 1.54) is 20.2 Å². The van der Waals surface area contributed by atoms with E-state index in [-0.39, 0.29) is 12.3 Å². The number of amides is 2. The van der Waals surface area contributed by atoms with Crippen LogP contribution in [0, 0.1) is 0 Å². The summed E-state index contributed by atoms with van der Waals surface area (Å²) in [6.07, 6.45) is -0.723. The lowest BCUT2D eigenvalue weighted by Gasteiger charge is -2.21. The minimum Gasteiger partial charge on any atom is -0.390 e. The lowest BCUT2D eigenvalue weighted by atomic mass is 10.2. The molecule has 2 unspecified atom stereocenters. The molecule has 1 saturated heterocycles. The molecule has 0 radical (unpaired) electrons. The van der Waals surface area contributed by atoms with Crippen molar-refractivity contribution in [1.29, 1.82) is 0 Å². The van der Waals surface area contributed by atoms with Gasteiger partial charge in [-0.05, 0) is 6.92 Å². The molecule has 1 rings (SSSR count). The van der Waals surface area contributed by atoms with E-state index in [0.29, 0.717) is 12.0 Å². The van der Waals surface area contributed by atoms with Gasteiger partial charge in [0.05, 0.1) is 6.10 Å². The van der Waals surface area contributed by atoms with Crippen LogP contribution in [0.25, 0.3) is 0 Å². The zero-order valence-electron chi connectivity index (χ0n) is 10.3. The molecule has 6 nitrogen and oxygen atoms in total. The minimum absolute atomic E-state index is 0.116. The predicted molar refractivity (Wildman–Crippen MR) is 61.0 cm³/mol. The fraction of sp³-hybridized carbons (Fsp3) is 0.636. The summed E-state index contributed by atoms with van der Waals surface area (Å²) in [5.74, 6) is -0.331. The number of carbonyl (C=O) groups excluding carboxylic acids is 2. The molecular weight excluding hydrogens is 243 g/mol. The Labute approximate surface area is 104 Å². The Morgan fingerprint density at radius 1 is 1.67 bits per heavy atom. The van der Waals surface area contributed by atoms with E-state index in [9.17, 15) is 19.1 Å². The lowest BCUT2D eigenvalue weighted by molar-refractivity contribution is -0.127. The average Bonchev–Trinajstić information content (AvgIpc) is 2.75. The van der Waals surface area contributed by atoms with Crippen LogP contribution in [0.4, 0.5) is 4.39 Å². The van der Waals surface area contributed by atoms with Crippen LogP contribution in [0.2, 0.25) is 0 Å². The second-order valence-corrected chi connectivity index (χ2v) is 4.03. The minimum atomic E-state index is -0.948. The first-order valence-electron chi connectivity index (χ1n) is 5.56. The fourth-order valence-electron chi connectivity index (χ4n) is 1.70. The smallest absolute Gasteiger partial charge is 0.248 e. The number of alkyl halides is 1. The Morgan fingerprint density at radius 3 is 2.78 bits per heavy atom. The van der Waals surface area contributed by atoms with Gasteiger partial charge in [-0.25, -0.2) is 4.39 Å². The van der Waals surface area contributed by atoms with Crippen LogP contribution in [0.3, 0.4) is 0 Å². The van der Waals surface area contributed by atoms with Crippen molar-refractivity contribution < 1.29 is 23.8 Å². The number of hydrogen-bond donors (Lipinski definition) is 2. The average molecular weight is 260 g/mol. The van der Waals surface area contributed by atoms with E-state index in [1.807, 2.05) is 0 Å². The highest BCUT2D eigenvalue weighted by Crippen LogP contribution is 2.23. The van der Waals surface area contributed by atoms with Gasteiger partial charge in [0.2, 0.25) is 12.3 Å². The molecule has 0 aromatic carbocycles. The molecule has 2 amide bonds. The highest BCUT2D eigenvalue weighted by Gasteiger charge is 2.36. The molecular formula is C11H17FN2O4. The Kier molecular flexibility index (Phi) is 5.24. The van der Waals surface area contributed by atoms with E-state index >= 15 is 0 Å². The molecule has 3 atom stereocenters. The van der Waals surface area contributed by atoms with Gasteiger partial charge in [-0.3, -0.25) is 14.5 Å². The quantitative estimate of drug-likeness (QED) is 0.518. The van der Waals surface area contributed by atoms with Crippen molar-refractivity contribution >= 4 is 12.3 Å². The molecule has 0 aromatic heterocycles. The molecule has 1 heterocycles. The molecule has 0 bridgehead atoms. The molecule has 0 aromatic rings. The summed E-state index contributed by atoms with van der Waals surface area (Å²) >= 11 is 0. The highest BCUT2D eigenvalue weighted by molar-refractivity contribution is 5.92. The molecule has 1 fully saturated rings. The zero-order chi connectivity index (χ0) is 13.7. The van der Waals surface area contributed by atoms with Gasteiger partial charge in [0.15, 0.2) is 0 Å². The molecule has 1 aliphatic rings. The van der Waals surface area contributed by atoms with Crippen LogP contribution in [0.15, 0.2) is 11.8 Å². The maximum atomic E-state index is 12.5. The third-order valence-corrected chi connectivity index (χ3v) is 2.74. The summed E-state index contributed by atoms with van der Waals surface area (Å²) in [5.41, 5.74) is 0.311. The topological polar surface area (TPSA) is 78.9 Å².